The smallest absolute Gasteiger partial charge is 0.123 e. The van der Waals surface area contributed by atoms with Gasteiger partial charge in [-0.1, -0.05) is 12.1 Å². The van der Waals surface area contributed by atoms with Crippen molar-refractivity contribution in [2.75, 3.05) is 26.7 Å². The average Bonchev–Trinajstić information content (AvgIpc) is 2.20. The van der Waals surface area contributed by atoms with Crippen molar-refractivity contribution in [3.8, 4) is 0 Å². The molecule has 1 atom stereocenters. The molecular formula is C11H15FN2. The van der Waals surface area contributed by atoms with E-state index in [4.69, 9.17) is 0 Å². The zero-order valence-electron chi connectivity index (χ0n) is 8.33. The number of hydrogen-bond acceptors (Lipinski definition) is 2. The third kappa shape index (κ3) is 1.94. The highest BCUT2D eigenvalue weighted by Gasteiger charge is 2.19. The zero-order chi connectivity index (χ0) is 9.97. The molecule has 1 N–H and O–H groups in total. The molecule has 3 heteroatoms. The molecule has 1 aliphatic rings. The number of nitrogens with zero attached hydrogens (tertiary/aromatic N) is 1. The van der Waals surface area contributed by atoms with E-state index < -0.39 is 0 Å². The van der Waals surface area contributed by atoms with Crippen LogP contribution in [0.4, 0.5) is 4.39 Å². The Kier molecular flexibility index (Phi) is 2.79. The highest BCUT2D eigenvalue weighted by atomic mass is 19.1. The molecule has 0 aliphatic carbocycles. The lowest BCUT2D eigenvalue weighted by atomic mass is 10.0. The van der Waals surface area contributed by atoms with E-state index in [2.05, 4.69) is 17.3 Å². The van der Waals surface area contributed by atoms with Crippen LogP contribution in [-0.4, -0.2) is 31.6 Å². The van der Waals surface area contributed by atoms with E-state index in [-0.39, 0.29) is 5.82 Å². The van der Waals surface area contributed by atoms with Crippen molar-refractivity contribution in [3.63, 3.8) is 0 Å². The predicted molar refractivity (Wildman–Crippen MR) is 54.6 cm³/mol. The molecule has 0 amide bonds. The molecule has 2 nitrogen and oxygen atoms in total. The van der Waals surface area contributed by atoms with Crippen molar-refractivity contribution >= 4 is 0 Å². The van der Waals surface area contributed by atoms with Gasteiger partial charge in [0.2, 0.25) is 0 Å². The van der Waals surface area contributed by atoms with Gasteiger partial charge in [-0.25, -0.2) is 4.39 Å². The van der Waals surface area contributed by atoms with Crippen LogP contribution in [-0.2, 0) is 0 Å². The predicted octanol–water partition coefficient (Wildman–Crippen LogP) is 1.40. The lowest BCUT2D eigenvalue weighted by molar-refractivity contribution is 0.202. The van der Waals surface area contributed by atoms with Crippen LogP contribution in [0.2, 0.25) is 0 Å². The van der Waals surface area contributed by atoms with E-state index in [0.29, 0.717) is 6.04 Å². The second-order valence-electron chi connectivity index (χ2n) is 3.75. The summed E-state index contributed by atoms with van der Waals surface area (Å²) in [6.45, 7) is 3.03. The summed E-state index contributed by atoms with van der Waals surface area (Å²) < 4.78 is 12.7. The number of hydrogen-bond donors (Lipinski definition) is 1. The summed E-state index contributed by atoms with van der Waals surface area (Å²) in [6, 6.07) is 7.16. The lowest BCUT2D eigenvalue weighted by Gasteiger charge is -2.33. The number of rotatable bonds is 1. The van der Waals surface area contributed by atoms with E-state index in [1.165, 1.54) is 17.7 Å². The molecule has 1 fully saturated rings. The summed E-state index contributed by atoms with van der Waals surface area (Å²) in [5.41, 5.74) is 1.18. The zero-order valence-corrected chi connectivity index (χ0v) is 8.33. The van der Waals surface area contributed by atoms with Crippen molar-refractivity contribution < 1.29 is 4.39 Å². The minimum Gasteiger partial charge on any atom is -0.314 e. The molecule has 1 aliphatic heterocycles. The molecule has 1 saturated heterocycles. The Morgan fingerprint density at radius 2 is 2.07 bits per heavy atom. The molecule has 0 radical (unpaired) electrons. The summed E-state index contributed by atoms with van der Waals surface area (Å²) >= 11 is 0. The Morgan fingerprint density at radius 1 is 1.36 bits per heavy atom. The van der Waals surface area contributed by atoms with Gasteiger partial charge >= 0.3 is 0 Å². The van der Waals surface area contributed by atoms with Gasteiger partial charge in [0.05, 0.1) is 0 Å². The summed E-state index contributed by atoms with van der Waals surface area (Å²) in [7, 11) is 2.11. The molecule has 1 aromatic rings. The first kappa shape index (κ1) is 9.62. The fourth-order valence-corrected chi connectivity index (χ4v) is 1.86. The molecule has 0 bridgehead atoms. The van der Waals surface area contributed by atoms with Crippen molar-refractivity contribution in [2.45, 2.75) is 6.04 Å². The van der Waals surface area contributed by atoms with Crippen LogP contribution in [0.15, 0.2) is 24.3 Å². The second-order valence-corrected chi connectivity index (χ2v) is 3.75. The van der Waals surface area contributed by atoms with E-state index in [1.807, 2.05) is 12.1 Å². The first-order valence-electron chi connectivity index (χ1n) is 4.94. The molecule has 1 heterocycles. The number of benzene rings is 1. The summed E-state index contributed by atoms with van der Waals surface area (Å²) in [4.78, 5) is 2.30. The Hall–Kier alpha value is -0.930. The molecule has 0 saturated carbocycles. The Balaban J connectivity index is 2.16. The van der Waals surface area contributed by atoms with Crippen molar-refractivity contribution in [2.24, 2.45) is 0 Å². The minimum absolute atomic E-state index is 0.167. The maximum absolute atomic E-state index is 12.7. The summed E-state index contributed by atoms with van der Waals surface area (Å²) in [5.74, 6) is -0.167. The van der Waals surface area contributed by atoms with E-state index in [9.17, 15) is 4.39 Å². The van der Waals surface area contributed by atoms with Crippen LogP contribution in [0.25, 0.3) is 0 Å². The maximum Gasteiger partial charge on any atom is 0.123 e. The normalized spacial score (nSPS) is 23.7. The molecule has 1 aromatic carbocycles. The van der Waals surface area contributed by atoms with Crippen molar-refractivity contribution in [1.29, 1.82) is 0 Å². The highest BCUT2D eigenvalue weighted by molar-refractivity contribution is 5.20. The SMILES string of the molecule is CN1CCNC[C@H]1c1ccc(F)cc1. The summed E-state index contributed by atoms with van der Waals surface area (Å²) in [6.07, 6.45) is 0. The third-order valence-corrected chi connectivity index (χ3v) is 2.77. The van der Waals surface area contributed by atoms with Crippen LogP contribution in [0.3, 0.4) is 0 Å². The fourth-order valence-electron chi connectivity index (χ4n) is 1.86. The number of likely N-dealkylation sites (N-methyl/N-ethyl adjacent to an activating group) is 1. The minimum atomic E-state index is -0.167. The van der Waals surface area contributed by atoms with Crippen LogP contribution >= 0.6 is 0 Å². The van der Waals surface area contributed by atoms with Crippen LogP contribution in [0.5, 0.6) is 0 Å². The molecular weight excluding hydrogens is 179 g/mol. The Morgan fingerprint density at radius 3 is 2.71 bits per heavy atom. The first-order valence-corrected chi connectivity index (χ1v) is 4.94. The highest BCUT2D eigenvalue weighted by Crippen LogP contribution is 2.20. The monoisotopic (exact) mass is 194 g/mol. The Labute approximate surface area is 83.7 Å². The largest absolute Gasteiger partial charge is 0.314 e. The third-order valence-electron chi connectivity index (χ3n) is 2.77. The van der Waals surface area contributed by atoms with Gasteiger partial charge < -0.3 is 5.32 Å². The number of piperazine rings is 1. The van der Waals surface area contributed by atoms with Gasteiger partial charge in [-0.05, 0) is 24.7 Å². The van der Waals surface area contributed by atoms with Crippen LogP contribution in [0.1, 0.15) is 11.6 Å². The number of nitrogens with one attached hydrogen (secondary N) is 1. The topological polar surface area (TPSA) is 15.3 Å². The fraction of sp³-hybridized carbons (Fsp3) is 0.455. The van der Waals surface area contributed by atoms with E-state index >= 15 is 0 Å². The first-order chi connectivity index (χ1) is 6.77. The van der Waals surface area contributed by atoms with E-state index in [1.54, 1.807) is 0 Å². The van der Waals surface area contributed by atoms with Gasteiger partial charge in [0, 0.05) is 25.7 Å². The molecule has 14 heavy (non-hydrogen) atoms. The molecule has 0 unspecified atom stereocenters. The van der Waals surface area contributed by atoms with Gasteiger partial charge in [0.15, 0.2) is 0 Å². The summed E-state index contributed by atoms with van der Waals surface area (Å²) in [5, 5.41) is 3.34. The maximum atomic E-state index is 12.7. The van der Waals surface area contributed by atoms with Gasteiger partial charge in [0.25, 0.3) is 0 Å². The van der Waals surface area contributed by atoms with E-state index in [0.717, 1.165) is 19.6 Å². The van der Waals surface area contributed by atoms with Crippen LogP contribution < -0.4 is 5.32 Å². The standard InChI is InChI=1S/C11H15FN2/c1-14-7-6-13-8-11(14)9-2-4-10(12)5-3-9/h2-5,11,13H,6-8H2,1H3/t11-/m0/s1. The quantitative estimate of drug-likeness (QED) is 0.727. The Bertz CT molecular complexity index is 297. The lowest BCUT2D eigenvalue weighted by Crippen LogP contribution is -2.43. The molecule has 2 rings (SSSR count). The van der Waals surface area contributed by atoms with Gasteiger partial charge in [-0.2, -0.15) is 0 Å². The number of halogens is 1. The molecule has 0 spiro atoms. The molecule has 0 aromatic heterocycles. The van der Waals surface area contributed by atoms with Gasteiger partial charge in [-0.15, -0.1) is 0 Å². The van der Waals surface area contributed by atoms with Crippen LogP contribution in [0, 0.1) is 5.82 Å². The molecule has 76 valence electrons. The van der Waals surface area contributed by atoms with Crippen molar-refractivity contribution in [1.82, 2.24) is 10.2 Å². The second kappa shape index (κ2) is 4.07. The van der Waals surface area contributed by atoms with Gasteiger partial charge in [-0.3, -0.25) is 4.90 Å². The average molecular weight is 194 g/mol. The van der Waals surface area contributed by atoms with Crippen molar-refractivity contribution in [3.05, 3.63) is 35.6 Å². The van der Waals surface area contributed by atoms with Gasteiger partial charge in [0.1, 0.15) is 5.82 Å².